The number of alkyl halides is 3. The number of nitrogens with one attached hydrogen (secondary N) is 3. The van der Waals surface area contributed by atoms with E-state index in [1.165, 1.54) is 99.1 Å². The molecule has 23 heteroatoms. The molecule has 0 saturated carbocycles. The average molecular weight is 1180 g/mol. The van der Waals surface area contributed by atoms with Crippen LogP contribution in [-0.4, -0.2) is 89.5 Å². The van der Waals surface area contributed by atoms with E-state index < -0.39 is 94.0 Å². The molecule has 8 rings (SSSR count). The van der Waals surface area contributed by atoms with E-state index in [1.807, 2.05) is 0 Å². The molecule has 0 spiro atoms. The molecule has 0 saturated heterocycles. The number of methoxy groups -OCH3 is 3. The predicted molar refractivity (Wildman–Crippen MR) is 290 cm³/mol. The Hall–Kier alpha value is -8.63. The van der Waals surface area contributed by atoms with Gasteiger partial charge < -0.3 is 49.1 Å². The molecule has 3 atom stereocenters. The molecule has 3 aromatic rings. The van der Waals surface area contributed by atoms with Crippen molar-refractivity contribution >= 4 is 41.8 Å². The Morgan fingerprint density at radius 3 is 1.18 bits per heavy atom. The van der Waals surface area contributed by atoms with E-state index in [9.17, 15) is 55.5 Å². The number of benzene rings is 3. The van der Waals surface area contributed by atoms with Crippen LogP contribution in [0.15, 0.2) is 122 Å². The summed E-state index contributed by atoms with van der Waals surface area (Å²) in [5.74, 6) is -10.3. The van der Waals surface area contributed by atoms with E-state index in [4.69, 9.17) is 33.2 Å². The molecule has 3 aromatic carbocycles. The monoisotopic (exact) mass is 1180 g/mol. The maximum atomic E-state index is 15.1. The number of allylic oxidation sites excluding steroid dienone is 3. The van der Waals surface area contributed by atoms with Crippen molar-refractivity contribution < 1.29 is 93.1 Å². The van der Waals surface area contributed by atoms with E-state index in [-0.39, 0.29) is 105 Å². The minimum atomic E-state index is -2.14. The lowest BCUT2D eigenvalue weighted by Gasteiger charge is -2.33. The lowest BCUT2D eigenvalue weighted by atomic mass is 9.76. The molecule has 17 nitrogen and oxygen atoms in total. The number of hydrogen-bond acceptors (Lipinski definition) is 17. The second kappa shape index (κ2) is 25.5. The number of rotatable bonds is 13. The number of cyclic esters (lactones) is 2. The Labute approximate surface area is 481 Å². The minimum absolute atomic E-state index is 0.0107. The van der Waals surface area contributed by atoms with Gasteiger partial charge in [-0.15, -0.1) is 0 Å². The first-order valence-electron chi connectivity index (χ1n) is 26.2. The summed E-state index contributed by atoms with van der Waals surface area (Å²) in [6, 6.07) is 12.1. The molecule has 0 aromatic heterocycles. The van der Waals surface area contributed by atoms with Crippen LogP contribution in [0.4, 0.5) is 26.3 Å². The van der Waals surface area contributed by atoms with Crippen LogP contribution in [0.25, 0.3) is 0 Å². The normalized spacial score (nSPS) is 18.6. The summed E-state index contributed by atoms with van der Waals surface area (Å²) < 4.78 is 124. The van der Waals surface area contributed by atoms with Gasteiger partial charge in [-0.3, -0.25) is 4.79 Å². The van der Waals surface area contributed by atoms with Gasteiger partial charge in [0, 0.05) is 40.7 Å². The highest BCUT2D eigenvalue weighted by Crippen LogP contribution is 2.49. The van der Waals surface area contributed by atoms with E-state index in [0.29, 0.717) is 22.8 Å². The van der Waals surface area contributed by atoms with Crippen molar-refractivity contribution in [2.75, 3.05) is 47.8 Å². The largest absolute Gasteiger partial charge is 0.466 e. The number of halogens is 6. The maximum absolute atomic E-state index is 15.1. The Morgan fingerprint density at radius 1 is 0.524 bits per heavy atom. The summed E-state index contributed by atoms with van der Waals surface area (Å²) in [4.78, 5) is 86.6. The molecule has 0 bridgehead atoms. The Morgan fingerprint density at radius 2 is 0.857 bits per heavy atom. The zero-order valence-corrected chi connectivity index (χ0v) is 48.7. The number of dihydropyridines is 3. The number of ether oxygens (including phenoxy) is 7. The molecule has 5 heterocycles. The summed E-state index contributed by atoms with van der Waals surface area (Å²) in [5, 5.41) is 8.84. The predicted octanol–water partition coefficient (Wildman–Crippen LogP) is 9.49. The summed E-state index contributed by atoms with van der Waals surface area (Å²) >= 11 is 0. The first-order chi connectivity index (χ1) is 39.3. The fourth-order valence-electron chi connectivity index (χ4n) is 10.9. The molecule has 84 heavy (non-hydrogen) atoms. The third-order valence-corrected chi connectivity index (χ3v) is 14.1. The van der Waals surface area contributed by atoms with E-state index in [0.717, 1.165) is 25.3 Å². The first kappa shape index (κ1) is 64.5. The maximum Gasteiger partial charge on any atom is 0.337 e. The van der Waals surface area contributed by atoms with Crippen LogP contribution in [-0.2, 0) is 83.7 Å². The van der Waals surface area contributed by atoms with Crippen molar-refractivity contribution in [3.05, 3.63) is 173 Å². The van der Waals surface area contributed by atoms with Crippen LogP contribution < -0.4 is 16.0 Å². The summed E-state index contributed by atoms with van der Waals surface area (Å²) in [6.45, 7) is 14.6. The van der Waals surface area contributed by atoms with Crippen molar-refractivity contribution in [3.8, 4) is 0 Å². The fourth-order valence-corrected chi connectivity index (χ4v) is 10.9. The van der Waals surface area contributed by atoms with Gasteiger partial charge in [-0.1, -0.05) is 36.4 Å². The zero-order valence-electron chi connectivity index (χ0n) is 48.7. The van der Waals surface area contributed by atoms with Gasteiger partial charge in [0.25, 0.3) is 0 Å². The van der Waals surface area contributed by atoms with Crippen LogP contribution in [0.5, 0.6) is 0 Å². The second-order valence-corrected chi connectivity index (χ2v) is 21.1. The fraction of sp³-hybridized carbons (Fsp3) is 0.393. The topological polar surface area (TPSA) is 220 Å². The van der Waals surface area contributed by atoms with Crippen molar-refractivity contribution in [3.63, 3.8) is 0 Å². The number of hydrogen-bond donors (Lipinski definition) is 3. The van der Waals surface area contributed by atoms with Crippen molar-refractivity contribution in [1.29, 1.82) is 0 Å². The van der Waals surface area contributed by atoms with Gasteiger partial charge in [0.2, 0.25) is 0 Å². The zero-order chi connectivity index (χ0) is 62.7. The molecule has 0 aliphatic carbocycles. The van der Waals surface area contributed by atoms with Crippen LogP contribution in [0.1, 0.15) is 127 Å². The van der Waals surface area contributed by atoms with Gasteiger partial charge in [-0.05, 0) is 104 Å². The molecule has 0 amide bonds. The van der Waals surface area contributed by atoms with E-state index in [1.54, 1.807) is 27.7 Å². The lowest BCUT2D eigenvalue weighted by Crippen LogP contribution is -2.36. The molecule has 3 N–H and O–H groups in total. The number of carbonyl (C=O) groups excluding carboxylic acids is 7. The van der Waals surface area contributed by atoms with Gasteiger partial charge in [0.1, 0.15) is 54.3 Å². The lowest BCUT2D eigenvalue weighted by molar-refractivity contribution is -0.142. The van der Waals surface area contributed by atoms with Crippen LogP contribution in [0, 0.1) is 17.5 Å². The van der Waals surface area contributed by atoms with Crippen LogP contribution in [0.3, 0.4) is 0 Å². The van der Waals surface area contributed by atoms with Crippen LogP contribution >= 0.6 is 0 Å². The SMILES string of the molecule is CCOC(=O)C1=C(COC(C)=O)NC(C)=C(C(=O)OC)C1c1cccc(F)c1C(C)(C)F.COC(=O)C1=C(C)NC2=C(C(=O)OC2)[C@@H]1c1cccc(F)c1C(C)(C)F.COC(=O)C1=C(C)NC2=C(C(=O)OC2)[C@H]1c1cccc(F)c1C(C)(C)F. The third-order valence-electron chi connectivity index (χ3n) is 14.1. The van der Waals surface area contributed by atoms with E-state index in [2.05, 4.69) is 16.0 Å². The van der Waals surface area contributed by atoms with Gasteiger partial charge in [0.05, 0.1) is 96.2 Å². The van der Waals surface area contributed by atoms with Crippen LogP contribution in [0.2, 0.25) is 0 Å². The molecule has 1 unspecified atom stereocenters. The molecule has 450 valence electrons. The van der Waals surface area contributed by atoms with E-state index >= 15 is 4.39 Å². The van der Waals surface area contributed by atoms with Gasteiger partial charge in [0.15, 0.2) is 0 Å². The second-order valence-electron chi connectivity index (χ2n) is 21.1. The summed E-state index contributed by atoms with van der Waals surface area (Å²) in [7, 11) is 3.58. The molecule has 0 fully saturated rings. The Bertz CT molecular complexity index is 3280. The summed E-state index contributed by atoms with van der Waals surface area (Å²) in [5.41, 5.74) is -3.68. The Kier molecular flexibility index (Phi) is 19.6. The molecule has 5 aliphatic heterocycles. The number of esters is 7. The van der Waals surface area contributed by atoms with Crippen molar-refractivity contribution in [2.24, 2.45) is 0 Å². The quantitative estimate of drug-likeness (QED) is 0.0824. The van der Waals surface area contributed by atoms with Gasteiger partial charge >= 0.3 is 41.8 Å². The van der Waals surface area contributed by atoms with Crippen molar-refractivity contribution in [2.45, 2.75) is 111 Å². The Balaban J connectivity index is 0.000000203. The summed E-state index contributed by atoms with van der Waals surface area (Å²) in [6.07, 6.45) is 0. The highest BCUT2D eigenvalue weighted by molar-refractivity contribution is 6.03. The third kappa shape index (κ3) is 13.1. The molecule has 0 radical (unpaired) electrons. The van der Waals surface area contributed by atoms with Gasteiger partial charge in [-0.25, -0.2) is 55.1 Å². The first-order valence-corrected chi connectivity index (χ1v) is 26.2. The van der Waals surface area contributed by atoms with Crippen molar-refractivity contribution in [1.82, 2.24) is 16.0 Å². The molecular weight excluding hydrogens is 1110 g/mol. The van der Waals surface area contributed by atoms with Gasteiger partial charge in [-0.2, -0.15) is 0 Å². The molecular formula is C61H65F6N3O14. The number of carbonyl (C=O) groups is 7. The molecule has 5 aliphatic rings. The highest BCUT2D eigenvalue weighted by atomic mass is 19.2. The smallest absolute Gasteiger partial charge is 0.337 e. The highest BCUT2D eigenvalue weighted by Gasteiger charge is 2.47. The standard InChI is InChI=1S/C23H27F2NO6.2C19H19F2NO4/c1-7-31-22(29)19-16(11-32-13(3)27)26-12(2)17(21(28)30-6)18(19)14-9-8-10-15(24)20(14)23(4,5)25;2*1-9-13(17(23)25-4)14(15-12(22-9)8-26-18(15)24)10-6-5-7-11(20)16(10)19(2,3)21/h8-10,18,26H,7,11H2,1-6H3;2*5-7,14,22H,8H2,1-4H3/t;2*14-/m.10/s1. The average Bonchev–Trinajstić information content (AvgIpc) is 1.69. The minimum Gasteiger partial charge on any atom is -0.466 e.